The van der Waals surface area contributed by atoms with E-state index < -0.39 is 0 Å². The maximum Gasteiger partial charge on any atom is 0.270 e. The van der Waals surface area contributed by atoms with E-state index >= 15 is 0 Å². The molecule has 1 saturated heterocycles. The second kappa shape index (κ2) is 8.47. The van der Waals surface area contributed by atoms with Crippen LogP contribution in [-0.2, 0) is 4.79 Å². The minimum atomic E-state index is -0.193. The van der Waals surface area contributed by atoms with Crippen molar-refractivity contribution < 1.29 is 9.21 Å². The molecule has 3 aromatic rings. The lowest BCUT2D eigenvalue weighted by atomic mass is 10.3. The van der Waals surface area contributed by atoms with Gasteiger partial charge in [0.2, 0.25) is 0 Å². The van der Waals surface area contributed by atoms with E-state index in [1.807, 2.05) is 42.5 Å². The Morgan fingerprint density at radius 3 is 2.68 bits per heavy atom. The average molecular weight is 509 g/mol. The molecule has 0 atom stereocenters. The number of hydrogen-bond acceptors (Lipinski definition) is 5. The van der Waals surface area contributed by atoms with E-state index in [-0.39, 0.29) is 5.91 Å². The zero-order chi connectivity index (χ0) is 19.7. The van der Waals surface area contributed by atoms with Crippen LogP contribution in [-0.4, -0.2) is 10.2 Å². The van der Waals surface area contributed by atoms with Crippen LogP contribution >= 0.6 is 63.3 Å². The molecule has 1 aromatic heterocycles. The highest BCUT2D eigenvalue weighted by Crippen LogP contribution is 2.38. The summed E-state index contributed by atoms with van der Waals surface area (Å²) >= 11 is 17.7. The predicted molar refractivity (Wildman–Crippen MR) is 124 cm³/mol. The topological polar surface area (TPSA) is 33.5 Å². The zero-order valence-electron chi connectivity index (χ0n) is 14.1. The third kappa shape index (κ3) is 4.23. The Hall–Kier alpha value is -1.51. The molecular formula is C20H11BrClNO2S3. The smallest absolute Gasteiger partial charge is 0.270 e. The van der Waals surface area contributed by atoms with Crippen molar-refractivity contribution in [2.24, 2.45) is 0 Å². The fourth-order valence-electron chi connectivity index (χ4n) is 2.52. The van der Waals surface area contributed by atoms with Gasteiger partial charge in [0, 0.05) is 15.4 Å². The van der Waals surface area contributed by atoms with Crippen molar-refractivity contribution in [1.29, 1.82) is 0 Å². The highest BCUT2D eigenvalue weighted by molar-refractivity contribution is 9.10. The lowest BCUT2D eigenvalue weighted by molar-refractivity contribution is -0.113. The first kappa shape index (κ1) is 19.8. The lowest BCUT2D eigenvalue weighted by Crippen LogP contribution is -2.27. The number of benzene rings is 2. The molecule has 140 valence electrons. The van der Waals surface area contributed by atoms with E-state index in [0.29, 0.717) is 25.7 Å². The maximum absolute atomic E-state index is 12.9. The molecule has 0 unspecified atom stereocenters. The van der Waals surface area contributed by atoms with Gasteiger partial charge in [-0.2, -0.15) is 0 Å². The second-order valence-corrected chi connectivity index (χ2v) is 9.70. The normalized spacial score (nSPS) is 15.6. The number of nitrogens with zero attached hydrogens (tertiary/aromatic N) is 1. The number of rotatable bonds is 4. The lowest BCUT2D eigenvalue weighted by Gasteiger charge is -2.15. The molecule has 0 bridgehead atoms. The molecule has 1 fully saturated rings. The largest absolute Gasteiger partial charge is 0.450 e. The van der Waals surface area contributed by atoms with E-state index in [0.717, 1.165) is 14.5 Å². The van der Waals surface area contributed by atoms with E-state index in [4.69, 9.17) is 28.2 Å². The van der Waals surface area contributed by atoms with Gasteiger partial charge >= 0.3 is 0 Å². The Labute approximate surface area is 189 Å². The van der Waals surface area contributed by atoms with Crippen molar-refractivity contribution in [2.75, 3.05) is 4.90 Å². The molecule has 1 aliphatic heterocycles. The Balaban J connectivity index is 1.55. The Morgan fingerprint density at radius 1 is 1.14 bits per heavy atom. The third-order valence-corrected chi connectivity index (χ3v) is 7.26. The summed E-state index contributed by atoms with van der Waals surface area (Å²) in [5.74, 6) is 0.412. The number of anilines is 1. The molecule has 4 rings (SSSR count). The molecular weight excluding hydrogens is 498 g/mol. The Bertz CT molecular complexity index is 1100. The van der Waals surface area contributed by atoms with Gasteiger partial charge in [-0.1, -0.05) is 65.5 Å². The van der Waals surface area contributed by atoms with E-state index in [1.54, 1.807) is 24.3 Å². The van der Waals surface area contributed by atoms with Gasteiger partial charge in [-0.15, -0.1) is 0 Å². The van der Waals surface area contributed by atoms with Gasteiger partial charge in [0.25, 0.3) is 5.91 Å². The molecule has 0 aliphatic carbocycles. The summed E-state index contributed by atoms with van der Waals surface area (Å²) in [6, 6.07) is 19.0. The summed E-state index contributed by atoms with van der Waals surface area (Å²) in [6.07, 6.45) is 1.72. The minimum Gasteiger partial charge on any atom is -0.450 e. The Morgan fingerprint density at radius 2 is 1.93 bits per heavy atom. The SMILES string of the molecule is O=C1/C(=C/c2ccc(Sc3ccccc3)o2)SC(=S)N1c1ccc(Br)c(Cl)c1. The maximum atomic E-state index is 12.9. The number of thiocarbonyl (C=S) groups is 1. The molecule has 0 radical (unpaired) electrons. The number of halogens is 2. The highest BCUT2D eigenvalue weighted by atomic mass is 79.9. The van der Waals surface area contributed by atoms with Crippen LogP contribution in [0.4, 0.5) is 5.69 Å². The number of hydrogen-bond donors (Lipinski definition) is 0. The average Bonchev–Trinajstić information content (AvgIpc) is 3.22. The molecule has 2 aromatic carbocycles. The van der Waals surface area contributed by atoms with Gasteiger partial charge in [-0.05, 0) is 58.4 Å². The van der Waals surface area contributed by atoms with Gasteiger partial charge in [0.1, 0.15) is 5.76 Å². The van der Waals surface area contributed by atoms with E-state index in [9.17, 15) is 4.79 Å². The fraction of sp³-hybridized carbons (Fsp3) is 0. The molecule has 3 nitrogen and oxygen atoms in total. The van der Waals surface area contributed by atoms with Gasteiger partial charge in [0.05, 0.1) is 15.6 Å². The molecule has 1 amide bonds. The summed E-state index contributed by atoms with van der Waals surface area (Å²) in [5, 5.41) is 1.27. The minimum absolute atomic E-state index is 0.193. The summed E-state index contributed by atoms with van der Waals surface area (Å²) in [4.78, 5) is 15.9. The Kier molecular flexibility index (Phi) is 5.99. The number of carbonyl (C=O) groups excluding carboxylic acids is 1. The van der Waals surface area contributed by atoms with E-state index in [2.05, 4.69) is 15.9 Å². The van der Waals surface area contributed by atoms with Crippen molar-refractivity contribution in [3.63, 3.8) is 0 Å². The van der Waals surface area contributed by atoms with Crippen molar-refractivity contribution in [3.8, 4) is 0 Å². The standard InChI is InChI=1S/C20H11BrClNO2S3/c21-15-8-6-12(10-16(15)22)23-19(24)17(28-20(23)26)11-13-7-9-18(25-13)27-14-4-2-1-3-5-14/h1-11H/b17-11-. The molecule has 2 heterocycles. The van der Waals surface area contributed by atoms with Crippen LogP contribution in [0.25, 0.3) is 6.08 Å². The van der Waals surface area contributed by atoms with Crippen LogP contribution < -0.4 is 4.90 Å². The molecule has 28 heavy (non-hydrogen) atoms. The van der Waals surface area contributed by atoms with E-state index in [1.165, 1.54) is 28.4 Å². The van der Waals surface area contributed by atoms with Crippen LogP contribution in [0.1, 0.15) is 5.76 Å². The fourth-order valence-corrected chi connectivity index (χ4v) is 5.02. The number of amides is 1. The van der Waals surface area contributed by atoms with Crippen LogP contribution in [0.5, 0.6) is 0 Å². The van der Waals surface area contributed by atoms with Crippen LogP contribution in [0, 0.1) is 0 Å². The van der Waals surface area contributed by atoms with Crippen LogP contribution in [0.2, 0.25) is 5.02 Å². The predicted octanol–water partition coefficient (Wildman–Crippen LogP) is 7.25. The third-order valence-electron chi connectivity index (χ3n) is 3.79. The summed E-state index contributed by atoms with van der Waals surface area (Å²) in [5.41, 5.74) is 0.638. The van der Waals surface area contributed by atoms with Gasteiger partial charge in [0.15, 0.2) is 9.41 Å². The summed E-state index contributed by atoms with van der Waals surface area (Å²) in [6.45, 7) is 0. The molecule has 8 heteroatoms. The first-order chi connectivity index (χ1) is 13.5. The molecule has 0 N–H and O–H groups in total. The summed E-state index contributed by atoms with van der Waals surface area (Å²) < 4.78 is 7.06. The first-order valence-corrected chi connectivity index (χ1v) is 11.3. The molecule has 1 aliphatic rings. The van der Waals surface area contributed by atoms with Crippen molar-refractivity contribution in [3.05, 3.63) is 80.8 Å². The van der Waals surface area contributed by atoms with Crippen LogP contribution in [0.3, 0.4) is 0 Å². The molecule has 0 saturated carbocycles. The summed E-state index contributed by atoms with van der Waals surface area (Å²) in [7, 11) is 0. The number of thioether (sulfide) groups is 1. The number of furan rings is 1. The molecule has 0 spiro atoms. The van der Waals surface area contributed by atoms with Gasteiger partial charge in [-0.25, -0.2) is 0 Å². The van der Waals surface area contributed by atoms with Crippen molar-refractivity contribution in [2.45, 2.75) is 9.99 Å². The van der Waals surface area contributed by atoms with Gasteiger partial charge in [-0.3, -0.25) is 9.69 Å². The first-order valence-electron chi connectivity index (χ1n) is 8.07. The quantitative estimate of drug-likeness (QED) is 0.274. The van der Waals surface area contributed by atoms with Crippen molar-refractivity contribution >= 4 is 85.3 Å². The van der Waals surface area contributed by atoms with Gasteiger partial charge < -0.3 is 4.42 Å². The second-order valence-electron chi connectivity index (χ2n) is 5.69. The van der Waals surface area contributed by atoms with Crippen LogP contribution in [0.15, 0.2) is 84.4 Å². The van der Waals surface area contributed by atoms with Crippen molar-refractivity contribution in [1.82, 2.24) is 0 Å². The zero-order valence-corrected chi connectivity index (χ0v) is 18.9. The number of carbonyl (C=O) groups is 1. The monoisotopic (exact) mass is 507 g/mol. The highest BCUT2D eigenvalue weighted by Gasteiger charge is 2.33.